The number of hydrogen-bond acceptors (Lipinski definition) is 8. The number of nitrogens with zero attached hydrogens (tertiary/aromatic N) is 4. The summed E-state index contributed by atoms with van der Waals surface area (Å²) in [5.74, 6) is 1.91. The Balaban J connectivity index is 0.939. The van der Waals surface area contributed by atoms with Crippen LogP contribution in [0.15, 0.2) is 73.1 Å². The first-order valence-electron chi connectivity index (χ1n) is 25.5. The minimum atomic E-state index is -0.705. The summed E-state index contributed by atoms with van der Waals surface area (Å²) >= 11 is 0. The molecular formula is C56H70N8O6. The number of aryl methyl sites for hydroxylation is 2. The molecule has 0 radical (unpaired) electrons. The largest absolute Gasteiger partial charge is 0.453 e. The third-order valence-electron chi connectivity index (χ3n) is 15.8. The van der Waals surface area contributed by atoms with Gasteiger partial charge in [0.1, 0.15) is 23.7 Å². The lowest BCUT2D eigenvalue weighted by Gasteiger charge is -2.42. The molecule has 5 aliphatic carbocycles. The monoisotopic (exact) mass is 951 g/mol. The van der Waals surface area contributed by atoms with Crippen molar-refractivity contribution in [3.05, 3.63) is 107 Å². The number of rotatable bonds is 12. The molecule has 14 nitrogen and oxygen atoms in total. The molecule has 4 heterocycles. The lowest BCUT2D eigenvalue weighted by atomic mass is 9.84. The van der Waals surface area contributed by atoms with Crippen molar-refractivity contribution < 1.29 is 28.7 Å². The minimum Gasteiger partial charge on any atom is -0.453 e. The van der Waals surface area contributed by atoms with Gasteiger partial charge in [0.15, 0.2) is 0 Å². The van der Waals surface area contributed by atoms with Crippen LogP contribution in [0.5, 0.6) is 0 Å². The number of benzene rings is 3. The Hall–Kier alpha value is -6.44. The second kappa shape index (κ2) is 20.5. The standard InChI is InChI=1S/C56H70N8O6/c1-9-35-11-10-24-63(53(65)47(31(2)3)61-55(67)69-7)49(35)51-57-29-45(59-51)38-19-16-37(17-20-38)43-28-39-21-18-36(43)14-12-34-13-15-40(25-33(39)6)44(26-34)46-30-58-52(60-46)50-41-22-23-42(27-41)64(50)54(66)48(32(4)5)62-56(68)70-8/h13,15-21,26,28-33,35,41-42,47-50H,9-12,14,22-25,27H2,1-8H3,(H,57,59)(H,58,60)(H,61,67)(H,62,68)/t33-,35?,41?,42?,47+,48+,49+,50+/m1/s1. The zero-order valence-electron chi connectivity index (χ0n) is 42.0. The van der Waals surface area contributed by atoms with E-state index in [4.69, 9.17) is 19.4 Å². The van der Waals surface area contributed by atoms with Gasteiger partial charge < -0.3 is 39.9 Å². The van der Waals surface area contributed by atoms with Crippen molar-refractivity contribution in [2.75, 3.05) is 20.8 Å². The molecule has 5 aromatic rings. The number of hydrogen-bond donors (Lipinski definition) is 4. The summed E-state index contributed by atoms with van der Waals surface area (Å²) in [6.45, 7) is 12.8. The van der Waals surface area contributed by atoms with Crippen LogP contribution in [0.1, 0.15) is 132 Å². The Labute approximate surface area is 412 Å². The van der Waals surface area contributed by atoms with E-state index in [0.717, 1.165) is 97.5 Å². The van der Waals surface area contributed by atoms with E-state index in [1.165, 1.54) is 42.0 Å². The minimum absolute atomic E-state index is 0.0784. The topological polar surface area (TPSA) is 175 Å². The molecule has 370 valence electrons. The van der Waals surface area contributed by atoms with Gasteiger partial charge in [-0.15, -0.1) is 0 Å². The van der Waals surface area contributed by atoms with Gasteiger partial charge in [0, 0.05) is 18.2 Å². The molecule has 1 saturated carbocycles. The molecule has 8 atom stereocenters. The van der Waals surface area contributed by atoms with Crippen molar-refractivity contribution >= 4 is 24.0 Å². The number of aromatic amines is 2. The second-order valence-electron chi connectivity index (χ2n) is 20.9. The molecule has 3 aromatic carbocycles. The van der Waals surface area contributed by atoms with Crippen LogP contribution >= 0.6 is 0 Å². The van der Waals surface area contributed by atoms with Crippen LogP contribution in [-0.4, -0.2) is 92.6 Å². The van der Waals surface area contributed by atoms with Crippen LogP contribution in [0.25, 0.3) is 33.6 Å². The molecule has 12 rings (SSSR count). The molecule has 14 heteroatoms. The van der Waals surface area contributed by atoms with Gasteiger partial charge in [0.2, 0.25) is 11.8 Å². The Morgan fingerprint density at radius 2 is 1.37 bits per heavy atom. The number of aromatic nitrogens is 4. The smallest absolute Gasteiger partial charge is 0.407 e. The van der Waals surface area contributed by atoms with Crippen molar-refractivity contribution in [2.24, 2.45) is 23.7 Å². The van der Waals surface area contributed by atoms with Crippen molar-refractivity contribution in [1.82, 2.24) is 40.4 Å². The van der Waals surface area contributed by atoms with Gasteiger partial charge in [-0.2, -0.15) is 0 Å². The van der Waals surface area contributed by atoms with E-state index in [2.05, 4.69) is 95.1 Å². The molecule has 70 heavy (non-hydrogen) atoms. The number of likely N-dealkylation sites (tertiary alicyclic amines) is 2. The number of alkyl carbamates (subject to hydrolysis) is 2. The Morgan fingerprint density at radius 1 is 0.729 bits per heavy atom. The highest BCUT2D eigenvalue weighted by molar-refractivity contribution is 5.87. The number of nitrogens with one attached hydrogen (secondary N) is 4. The third-order valence-corrected chi connectivity index (χ3v) is 15.8. The summed E-state index contributed by atoms with van der Waals surface area (Å²) < 4.78 is 9.76. The average Bonchev–Trinajstić information content (AvgIpc) is 4.22. The number of piperidine rings is 2. The summed E-state index contributed by atoms with van der Waals surface area (Å²) in [5, 5.41) is 5.58. The van der Waals surface area contributed by atoms with E-state index in [1.807, 2.05) is 49.9 Å². The van der Waals surface area contributed by atoms with Crippen LogP contribution < -0.4 is 10.6 Å². The number of imidazole rings is 2. The Morgan fingerprint density at radius 3 is 2.06 bits per heavy atom. The summed E-state index contributed by atoms with van der Waals surface area (Å²) in [4.78, 5) is 74.0. The van der Waals surface area contributed by atoms with E-state index in [1.54, 1.807) is 0 Å². The molecule has 3 fully saturated rings. The first-order valence-corrected chi connectivity index (χ1v) is 25.5. The molecule has 2 saturated heterocycles. The number of carbonyl (C=O) groups excluding carboxylic acids is 4. The van der Waals surface area contributed by atoms with Gasteiger partial charge in [0.05, 0.1) is 50.1 Å². The number of fused-ring (bicyclic) bond motifs is 2. The van der Waals surface area contributed by atoms with Crippen molar-refractivity contribution in [3.63, 3.8) is 0 Å². The first kappa shape index (κ1) is 48.6. The van der Waals surface area contributed by atoms with Gasteiger partial charge in [-0.05, 0) is 126 Å². The summed E-state index contributed by atoms with van der Waals surface area (Å²) in [5.41, 5.74) is 11.5. The lowest BCUT2D eigenvalue weighted by molar-refractivity contribution is -0.140. The highest BCUT2D eigenvalue weighted by atomic mass is 16.5. The van der Waals surface area contributed by atoms with Crippen molar-refractivity contribution in [1.29, 1.82) is 0 Å². The number of methoxy groups -OCH3 is 2. The molecule has 7 aliphatic rings. The zero-order chi connectivity index (χ0) is 49.4. The molecule has 6 bridgehead atoms. The van der Waals surface area contributed by atoms with E-state index in [0.29, 0.717) is 12.5 Å². The van der Waals surface area contributed by atoms with Crippen LogP contribution in [0.4, 0.5) is 9.59 Å². The maximum absolute atomic E-state index is 14.2. The molecular weight excluding hydrogens is 881 g/mol. The first-order chi connectivity index (χ1) is 33.8. The highest BCUT2D eigenvalue weighted by Crippen LogP contribution is 2.50. The quantitative estimate of drug-likeness (QED) is 0.0956. The zero-order valence-corrected chi connectivity index (χ0v) is 42.0. The van der Waals surface area contributed by atoms with Crippen LogP contribution in [0.3, 0.4) is 0 Å². The van der Waals surface area contributed by atoms with E-state index in [-0.39, 0.29) is 53.6 Å². The van der Waals surface area contributed by atoms with Crippen molar-refractivity contribution in [3.8, 4) is 33.6 Å². The van der Waals surface area contributed by atoms with Crippen LogP contribution in [0, 0.1) is 23.7 Å². The number of amides is 4. The van der Waals surface area contributed by atoms with Crippen LogP contribution in [0.2, 0.25) is 0 Å². The fourth-order valence-corrected chi connectivity index (χ4v) is 11.9. The number of H-pyrrole nitrogens is 2. The Bertz CT molecular complexity index is 2710. The Kier molecular flexibility index (Phi) is 14.2. The maximum Gasteiger partial charge on any atom is 0.407 e. The van der Waals surface area contributed by atoms with Gasteiger partial charge >= 0.3 is 12.2 Å². The summed E-state index contributed by atoms with van der Waals surface area (Å²) in [6.07, 6.45) is 10.9. The predicted octanol–water partition coefficient (Wildman–Crippen LogP) is 10.1. The van der Waals surface area contributed by atoms with Gasteiger partial charge in [-0.3, -0.25) is 9.59 Å². The normalized spacial score (nSPS) is 22.7. The SMILES string of the molecule is CCC1CCCN(C(=O)[C@@H](NC(=O)OC)C(C)C)[C@@H]1c1ncc(-c2ccc(-c3cc4ccc3CCc3ccc(c(-c5cnc([C@@H]6C7CCC(C7)N6C(=O)[C@@H](NC(=O)OC)C(C)C)[nH]5)c3)C[C@H]4C)cc2)[nH]1. The van der Waals surface area contributed by atoms with E-state index in [9.17, 15) is 19.2 Å². The molecule has 0 spiro atoms. The van der Waals surface area contributed by atoms with Gasteiger partial charge in [0.25, 0.3) is 0 Å². The molecule has 2 aliphatic heterocycles. The van der Waals surface area contributed by atoms with Crippen LogP contribution in [-0.2, 0) is 38.3 Å². The van der Waals surface area contributed by atoms with Gasteiger partial charge in [-0.25, -0.2) is 19.6 Å². The van der Waals surface area contributed by atoms with Gasteiger partial charge in [-0.1, -0.05) is 103 Å². The fourth-order valence-electron chi connectivity index (χ4n) is 11.9. The fraction of sp³-hybridized carbons (Fsp3) is 0.500. The molecule has 3 unspecified atom stereocenters. The highest BCUT2D eigenvalue weighted by Gasteiger charge is 2.51. The van der Waals surface area contributed by atoms with Crippen molar-refractivity contribution in [2.45, 2.75) is 135 Å². The summed E-state index contributed by atoms with van der Waals surface area (Å²) in [6, 6.07) is 20.9. The third kappa shape index (κ3) is 9.57. The average molecular weight is 951 g/mol. The molecule has 4 amide bonds. The molecule has 2 aromatic heterocycles. The number of carbonyl (C=O) groups is 4. The lowest BCUT2D eigenvalue weighted by Crippen LogP contribution is -2.54. The van der Waals surface area contributed by atoms with E-state index < -0.39 is 24.3 Å². The van der Waals surface area contributed by atoms with E-state index >= 15 is 0 Å². The summed E-state index contributed by atoms with van der Waals surface area (Å²) in [7, 11) is 2.64. The maximum atomic E-state index is 14.2. The number of ether oxygens (including phenoxy) is 2. The predicted molar refractivity (Wildman–Crippen MR) is 270 cm³/mol. The molecule has 4 N–H and O–H groups in total. The second-order valence-corrected chi connectivity index (χ2v) is 20.9.